The maximum Gasteiger partial charge on any atom is 0.339 e. The van der Waals surface area contributed by atoms with Crippen molar-refractivity contribution in [2.75, 3.05) is 38.6 Å². The molecule has 33 heavy (non-hydrogen) atoms. The van der Waals surface area contributed by atoms with E-state index in [2.05, 4.69) is 5.32 Å². The number of benzene rings is 2. The summed E-state index contributed by atoms with van der Waals surface area (Å²) in [5.74, 6) is -0.548. The number of carbonyl (C=O) groups excluding carboxylic acids is 3. The molecule has 0 unspecified atom stereocenters. The zero-order valence-corrected chi connectivity index (χ0v) is 19.3. The highest BCUT2D eigenvalue weighted by atomic mass is 35.5. The lowest BCUT2D eigenvalue weighted by atomic mass is 10.0. The average molecular weight is 471 g/mol. The summed E-state index contributed by atoms with van der Waals surface area (Å²) in [7, 11) is 1.29. The van der Waals surface area contributed by atoms with Gasteiger partial charge in [-0.15, -0.1) is 0 Å². The van der Waals surface area contributed by atoms with E-state index in [0.29, 0.717) is 56.3 Å². The molecule has 2 heterocycles. The predicted molar refractivity (Wildman–Crippen MR) is 125 cm³/mol. The Morgan fingerprint density at radius 1 is 1.06 bits per heavy atom. The molecule has 2 aromatic carbocycles. The second-order valence-corrected chi connectivity index (χ2v) is 8.65. The lowest BCUT2D eigenvalue weighted by molar-refractivity contribution is 0.0602. The second-order valence-electron chi connectivity index (χ2n) is 8.21. The Morgan fingerprint density at radius 3 is 2.48 bits per heavy atom. The summed E-state index contributed by atoms with van der Waals surface area (Å²) in [6.45, 7) is 3.06. The Balaban J connectivity index is 1.32. The van der Waals surface area contributed by atoms with E-state index in [0.717, 1.165) is 5.56 Å². The molecule has 4 amide bonds. The van der Waals surface area contributed by atoms with Crippen LogP contribution in [0, 0.1) is 0 Å². The molecule has 4 rings (SSSR count). The van der Waals surface area contributed by atoms with Crippen molar-refractivity contribution in [3.63, 3.8) is 0 Å². The van der Waals surface area contributed by atoms with E-state index in [1.54, 1.807) is 11.0 Å². The van der Waals surface area contributed by atoms with Gasteiger partial charge in [0.1, 0.15) is 0 Å². The SMILES string of the molecule is COC(=O)c1ccc(Cl)cc1NC(=O)N1CCC(N2CCN(Cc3ccccc3)C2=O)CC1. The first-order valence-corrected chi connectivity index (χ1v) is 11.4. The van der Waals surface area contributed by atoms with Crippen LogP contribution in [0.15, 0.2) is 48.5 Å². The molecule has 2 aliphatic heterocycles. The van der Waals surface area contributed by atoms with Gasteiger partial charge < -0.3 is 24.8 Å². The Hall–Kier alpha value is -3.26. The van der Waals surface area contributed by atoms with Crippen LogP contribution in [0.4, 0.5) is 15.3 Å². The van der Waals surface area contributed by atoms with E-state index < -0.39 is 5.97 Å². The number of amides is 4. The maximum atomic E-state index is 12.9. The van der Waals surface area contributed by atoms with E-state index in [-0.39, 0.29) is 23.7 Å². The molecule has 0 atom stereocenters. The molecule has 2 fully saturated rings. The van der Waals surface area contributed by atoms with Crippen LogP contribution in [0.1, 0.15) is 28.8 Å². The molecule has 0 aromatic heterocycles. The lowest BCUT2D eigenvalue weighted by Crippen LogP contribution is -2.49. The fourth-order valence-electron chi connectivity index (χ4n) is 4.37. The van der Waals surface area contributed by atoms with Crippen molar-refractivity contribution in [3.8, 4) is 0 Å². The molecule has 9 heteroatoms. The molecule has 2 saturated heterocycles. The number of carbonyl (C=O) groups is 3. The van der Waals surface area contributed by atoms with Crippen LogP contribution >= 0.6 is 11.6 Å². The fourth-order valence-corrected chi connectivity index (χ4v) is 4.55. The summed E-state index contributed by atoms with van der Waals surface area (Å²) in [5, 5.41) is 3.18. The summed E-state index contributed by atoms with van der Waals surface area (Å²) in [5.41, 5.74) is 1.67. The van der Waals surface area contributed by atoms with Gasteiger partial charge in [-0.1, -0.05) is 41.9 Å². The van der Waals surface area contributed by atoms with Crippen LogP contribution in [-0.2, 0) is 11.3 Å². The molecular weight excluding hydrogens is 444 g/mol. The molecule has 174 valence electrons. The molecule has 1 N–H and O–H groups in total. The standard InChI is InChI=1S/C24H27ClN4O4/c1-33-22(30)20-8-7-18(25)15-21(20)26-23(31)27-11-9-19(10-12-27)29-14-13-28(24(29)32)16-17-5-3-2-4-6-17/h2-8,15,19H,9-14,16H2,1H3,(H,26,31). The number of anilines is 1. The number of likely N-dealkylation sites (tertiary alicyclic amines) is 1. The molecule has 2 aromatic rings. The number of rotatable bonds is 5. The van der Waals surface area contributed by atoms with Crippen molar-refractivity contribution in [2.45, 2.75) is 25.4 Å². The Bertz CT molecular complexity index is 1020. The minimum absolute atomic E-state index is 0.0587. The normalized spacial score (nSPS) is 16.8. The molecule has 0 bridgehead atoms. The summed E-state index contributed by atoms with van der Waals surface area (Å²) < 4.78 is 4.78. The Morgan fingerprint density at radius 2 is 1.79 bits per heavy atom. The number of ether oxygens (including phenoxy) is 1. The number of hydrogen-bond acceptors (Lipinski definition) is 4. The van der Waals surface area contributed by atoms with Crippen LogP contribution in [0.2, 0.25) is 5.02 Å². The summed E-state index contributed by atoms with van der Waals surface area (Å²) in [6, 6.07) is 14.5. The monoisotopic (exact) mass is 470 g/mol. The lowest BCUT2D eigenvalue weighted by Gasteiger charge is -2.36. The first-order chi connectivity index (χ1) is 16.0. The summed E-state index contributed by atoms with van der Waals surface area (Å²) in [4.78, 5) is 43.3. The van der Waals surface area contributed by atoms with Crippen molar-refractivity contribution in [3.05, 3.63) is 64.7 Å². The van der Waals surface area contributed by atoms with Gasteiger partial charge in [0.05, 0.1) is 18.4 Å². The molecule has 2 aliphatic rings. The average Bonchev–Trinajstić information content (AvgIpc) is 3.19. The zero-order chi connectivity index (χ0) is 23.4. The summed E-state index contributed by atoms with van der Waals surface area (Å²) >= 11 is 6.04. The van der Waals surface area contributed by atoms with Gasteiger partial charge in [-0.05, 0) is 36.6 Å². The third-order valence-electron chi connectivity index (χ3n) is 6.16. The van der Waals surface area contributed by atoms with Crippen LogP contribution in [-0.4, -0.2) is 72.1 Å². The van der Waals surface area contributed by atoms with Gasteiger partial charge >= 0.3 is 18.0 Å². The number of urea groups is 2. The van der Waals surface area contributed by atoms with Gasteiger partial charge in [-0.2, -0.15) is 0 Å². The number of halogens is 1. The van der Waals surface area contributed by atoms with Crippen LogP contribution in [0.5, 0.6) is 0 Å². The van der Waals surface area contributed by atoms with Gasteiger partial charge in [0.2, 0.25) is 0 Å². The third kappa shape index (κ3) is 5.22. The molecule has 8 nitrogen and oxygen atoms in total. The van der Waals surface area contributed by atoms with Gasteiger partial charge in [0, 0.05) is 43.8 Å². The van der Waals surface area contributed by atoms with E-state index in [9.17, 15) is 14.4 Å². The highest BCUT2D eigenvalue weighted by molar-refractivity contribution is 6.31. The molecule has 0 spiro atoms. The Labute approximate surface area is 198 Å². The van der Waals surface area contributed by atoms with E-state index in [1.807, 2.05) is 40.1 Å². The molecule has 0 radical (unpaired) electrons. The van der Waals surface area contributed by atoms with Crippen LogP contribution in [0.25, 0.3) is 0 Å². The number of piperidine rings is 1. The molecule has 0 aliphatic carbocycles. The summed E-state index contributed by atoms with van der Waals surface area (Å²) in [6.07, 6.45) is 1.41. The van der Waals surface area contributed by atoms with Gasteiger partial charge in [-0.3, -0.25) is 0 Å². The zero-order valence-electron chi connectivity index (χ0n) is 18.5. The van der Waals surface area contributed by atoms with Gasteiger partial charge in [0.25, 0.3) is 0 Å². The second kappa shape index (κ2) is 10.1. The van der Waals surface area contributed by atoms with Crippen molar-refractivity contribution < 1.29 is 19.1 Å². The van der Waals surface area contributed by atoms with Crippen LogP contribution < -0.4 is 5.32 Å². The fraction of sp³-hybridized carbons (Fsp3) is 0.375. The highest BCUT2D eigenvalue weighted by Crippen LogP contribution is 2.25. The van der Waals surface area contributed by atoms with E-state index in [1.165, 1.54) is 19.2 Å². The number of nitrogens with one attached hydrogen (secondary N) is 1. The van der Waals surface area contributed by atoms with Gasteiger partial charge in [0.15, 0.2) is 0 Å². The number of hydrogen-bond donors (Lipinski definition) is 1. The first-order valence-electron chi connectivity index (χ1n) is 11.0. The van der Waals surface area contributed by atoms with E-state index in [4.69, 9.17) is 16.3 Å². The first kappa shape index (κ1) is 22.9. The minimum Gasteiger partial charge on any atom is -0.465 e. The Kier molecular flexibility index (Phi) is 7.03. The van der Waals surface area contributed by atoms with Crippen molar-refractivity contribution >= 4 is 35.3 Å². The number of esters is 1. The predicted octanol–water partition coefficient (Wildman–Crippen LogP) is 4.06. The number of nitrogens with zero attached hydrogens (tertiary/aromatic N) is 3. The maximum absolute atomic E-state index is 12.9. The largest absolute Gasteiger partial charge is 0.465 e. The van der Waals surface area contributed by atoms with Gasteiger partial charge in [-0.25, -0.2) is 14.4 Å². The molecular formula is C24H27ClN4O4. The smallest absolute Gasteiger partial charge is 0.339 e. The van der Waals surface area contributed by atoms with E-state index >= 15 is 0 Å². The van der Waals surface area contributed by atoms with Crippen molar-refractivity contribution in [1.29, 1.82) is 0 Å². The third-order valence-corrected chi connectivity index (χ3v) is 6.40. The van der Waals surface area contributed by atoms with Crippen molar-refractivity contribution in [2.24, 2.45) is 0 Å². The minimum atomic E-state index is -0.548. The molecule has 0 saturated carbocycles. The topological polar surface area (TPSA) is 82.2 Å². The number of methoxy groups -OCH3 is 1. The quantitative estimate of drug-likeness (QED) is 0.668. The van der Waals surface area contributed by atoms with Crippen LogP contribution in [0.3, 0.4) is 0 Å². The van der Waals surface area contributed by atoms with Crippen molar-refractivity contribution in [1.82, 2.24) is 14.7 Å². The highest BCUT2D eigenvalue weighted by Gasteiger charge is 2.36.